The number of rotatable bonds is 7. The van der Waals surface area contributed by atoms with E-state index in [-0.39, 0.29) is 11.4 Å². The Labute approximate surface area is 163 Å². The van der Waals surface area contributed by atoms with Crippen LogP contribution in [0.2, 0.25) is 0 Å². The molecule has 0 spiro atoms. The summed E-state index contributed by atoms with van der Waals surface area (Å²) in [5, 5.41) is 0. The SMILES string of the molecule is CCOC(=O)C1(CC2CC2)CCN(C2CCN(Cc3ccccc3)C2)CC1. The van der Waals surface area contributed by atoms with Crippen molar-refractivity contribution in [3.05, 3.63) is 35.9 Å². The van der Waals surface area contributed by atoms with Crippen molar-refractivity contribution >= 4 is 5.97 Å². The zero-order chi connectivity index (χ0) is 18.7. The lowest BCUT2D eigenvalue weighted by Crippen LogP contribution is -2.49. The van der Waals surface area contributed by atoms with E-state index in [4.69, 9.17) is 4.74 Å². The van der Waals surface area contributed by atoms with Crippen LogP contribution in [0.15, 0.2) is 30.3 Å². The fourth-order valence-electron chi connectivity index (χ4n) is 5.06. The van der Waals surface area contributed by atoms with Crippen molar-refractivity contribution in [2.45, 2.75) is 58.0 Å². The summed E-state index contributed by atoms with van der Waals surface area (Å²) in [5.41, 5.74) is 1.21. The van der Waals surface area contributed by atoms with Gasteiger partial charge in [0.05, 0.1) is 12.0 Å². The number of likely N-dealkylation sites (tertiary alicyclic amines) is 2. The van der Waals surface area contributed by atoms with Gasteiger partial charge in [-0.3, -0.25) is 14.6 Å². The van der Waals surface area contributed by atoms with Crippen LogP contribution >= 0.6 is 0 Å². The molecule has 1 aliphatic carbocycles. The average Bonchev–Trinajstić information content (AvgIpc) is 3.38. The molecule has 1 aromatic rings. The van der Waals surface area contributed by atoms with Gasteiger partial charge in [-0.05, 0) is 57.2 Å². The molecule has 3 fully saturated rings. The minimum absolute atomic E-state index is 0.0775. The number of piperidine rings is 1. The first-order chi connectivity index (χ1) is 13.2. The Morgan fingerprint density at radius 3 is 2.52 bits per heavy atom. The Balaban J connectivity index is 1.31. The Bertz CT molecular complexity index is 621. The summed E-state index contributed by atoms with van der Waals surface area (Å²) in [6.07, 6.45) is 6.89. The Morgan fingerprint density at radius 2 is 1.85 bits per heavy atom. The first kappa shape index (κ1) is 18.9. The summed E-state index contributed by atoms with van der Waals surface area (Å²) in [5.74, 6) is 0.850. The Kier molecular flexibility index (Phi) is 5.84. The minimum Gasteiger partial charge on any atom is -0.466 e. The molecule has 148 valence electrons. The van der Waals surface area contributed by atoms with Crippen molar-refractivity contribution in [2.24, 2.45) is 11.3 Å². The van der Waals surface area contributed by atoms with E-state index in [0.29, 0.717) is 12.6 Å². The second-order valence-electron chi connectivity index (χ2n) is 8.85. The molecule has 0 radical (unpaired) electrons. The Hall–Kier alpha value is -1.39. The van der Waals surface area contributed by atoms with E-state index in [1.807, 2.05) is 6.92 Å². The summed E-state index contributed by atoms with van der Waals surface area (Å²) in [7, 11) is 0. The number of hydrogen-bond donors (Lipinski definition) is 0. The lowest BCUT2D eigenvalue weighted by Gasteiger charge is -2.42. The van der Waals surface area contributed by atoms with Crippen LogP contribution in [0, 0.1) is 11.3 Å². The summed E-state index contributed by atoms with van der Waals surface area (Å²) >= 11 is 0. The average molecular weight is 371 g/mol. The van der Waals surface area contributed by atoms with Gasteiger partial charge in [-0.25, -0.2) is 0 Å². The van der Waals surface area contributed by atoms with Crippen LogP contribution < -0.4 is 0 Å². The second-order valence-corrected chi connectivity index (χ2v) is 8.85. The van der Waals surface area contributed by atoms with Crippen LogP contribution in [-0.4, -0.2) is 54.6 Å². The molecule has 0 aromatic heterocycles. The molecule has 0 bridgehead atoms. The minimum atomic E-state index is -0.198. The topological polar surface area (TPSA) is 32.8 Å². The quantitative estimate of drug-likeness (QED) is 0.685. The highest BCUT2D eigenvalue weighted by molar-refractivity contribution is 5.77. The van der Waals surface area contributed by atoms with Gasteiger partial charge in [0.25, 0.3) is 0 Å². The molecule has 2 aliphatic heterocycles. The maximum absolute atomic E-state index is 12.7. The molecule has 3 aliphatic rings. The standard InChI is InChI=1S/C23H34N2O2/c1-2-27-22(26)23(16-19-8-9-19)11-14-25(15-12-23)21-10-13-24(18-21)17-20-6-4-3-5-7-20/h3-7,19,21H,2,8-18H2,1H3. The van der Waals surface area contributed by atoms with E-state index in [2.05, 4.69) is 40.1 Å². The normalized spacial score (nSPS) is 26.2. The molecule has 27 heavy (non-hydrogen) atoms. The lowest BCUT2D eigenvalue weighted by atomic mass is 9.74. The first-order valence-corrected chi connectivity index (χ1v) is 10.9. The molecule has 2 saturated heterocycles. The predicted molar refractivity (Wildman–Crippen MR) is 107 cm³/mol. The summed E-state index contributed by atoms with van der Waals surface area (Å²) < 4.78 is 5.49. The van der Waals surface area contributed by atoms with E-state index in [1.54, 1.807) is 0 Å². The monoisotopic (exact) mass is 370 g/mol. The number of ether oxygens (including phenoxy) is 1. The fourth-order valence-corrected chi connectivity index (χ4v) is 5.06. The molecular formula is C23H34N2O2. The molecule has 1 saturated carbocycles. The number of hydrogen-bond acceptors (Lipinski definition) is 4. The van der Waals surface area contributed by atoms with Gasteiger partial charge in [0.2, 0.25) is 0 Å². The highest BCUT2D eigenvalue weighted by atomic mass is 16.5. The molecule has 2 heterocycles. The molecule has 4 heteroatoms. The van der Waals surface area contributed by atoms with E-state index in [1.165, 1.54) is 31.4 Å². The van der Waals surface area contributed by atoms with Gasteiger partial charge in [0.15, 0.2) is 0 Å². The fraction of sp³-hybridized carbons (Fsp3) is 0.696. The van der Waals surface area contributed by atoms with E-state index in [0.717, 1.165) is 51.4 Å². The first-order valence-electron chi connectivity index (χ1n) is 10.9. The van der Waals surface area contributed by atoms with Crippen LogP contribution in [0.1, 0.15) is 51.0 Å². The van der Waals surface area contributed by atoms with Crippen molar-refractivity contribution < 1.29 is 9.53 Å². The number of nitrogens with zero attached hydrogens (tertiary/aromatic N) is 2. The van der Waals surface area contributed by atoms with E-state index < -0.39 is 0 Å². The van der Waals surface area contributed by atoms with Gasteiger partial charge in [0.1, 0.15) is 0 Å². The van der Waals surface area contributed by atoms with Crippen molar-refractivity contribution in [1.82, 2.24) is 9.80 Å². The second kappa shape index (κ2) is 8.32. The predicted octanol–water partition coefficient (Wildman–Crippen LogP) is 3.71. The molecule has 4 nitrogen and oxygen atoms in total. The van der Waals surface area contributed by atoms with Crippen molar-refractivity contribution in [3.8, 4) is 0 Å². The van der Waals surface area contributed by atoms with Crippen molar-refractivity contribution in [1.29, 1.82) is 0 Å². The lowest BCUT2D eigenvalue weighted by molar-refractivity contribution is -0.160. The molecule has 0 N–H and O–H groups in total. The third-order valence-electron chi connectivity index (χ3n) is 6.85. The zero-order valence-electron chi connectivity index (χ0n) is 16.7. The van der Waals surface area contributed by atoms with Gasteiger partial charge in [0, 0.05) is 25.7 Å². The Morgan fingerprint density at radius 1 is 1.11 bits per heavy atom. The van der Waals surface area contributed by atoms with Gasteiger partial charge in [-0.15, -0.1) is 0 Å². The summed E-state index contributed by atoms with van der Waals surface area (Å²) in [4.78, 5) is 17.9. The number of carbonyl (C=O) groups excluding carboxylic acids is 1. The van der Waals surface area contributed by atoms with Gasteiger partial charge >= 0.3 is 5.97 Å². The van der Waals surface area contributed by atoms with Crippen LogP contribution in [-0.2, 0) is 16.1 Å². The molecule has 4 rings (SSSR count). The highest BCUT2D eigenvalue weighted by Crippen LogP contribution is 2.46. The molecule has 1 atom stereocenters. The molecule has 0 amide bonds. The number of esters is 1. The van der Waals surface area contributed by atoms with Gasteiger partial charge in [-0.1, -0.05) is 43.2 Å². The largest absolute Gasteiger partial charge is 0.466 e. The van der Waals surface area contributed by atoms with Crippen molar-refractivity contribution in [3.63, 3.8) is 0 Å². The van der Waals surface area contributed by atoms with Crippen LogP contribution in [0.5, 0.6) is 0 Å². The number of benzene rings is 1. The number of carbonyl (C=O) groups is 1. The summed E-state index contributed by atoms with van der Waals surface area (Å²) in [6.45, 7) is 7.93. The third-order valence-corrected chi connectivity index (χ3v) is 6.85. The third kappa shape index (κ3) is 4.55. The molecule has 1 unspecified atom stereocenters. The van der Waals surface area contributed by atoms with Gasteiger partial charge in [-0.2, -0.15) is 0 Å². The van der Waals surface area contributed by atoms with Crippen LogP contribution in [0.3, 0.4) is 0 Å². The smallest absolute Gasteiger partial charge is 0.312 e. The molecule has 1 aromatic carbocycles. The van der Waals surface area contributed by atoms with Crippen LogP contribution in [0.4, 0.5) is 0 Å². The van der Waals surface area contributed by atoms with E-state index in [9.17, 15) is 4.79 Å². The maximum Gasteiger partial charge on any atom is 0.312 e. The highest BCUT2D eigenvalue weighted by Gasteiger charge is 2.47. The zero-order valence-corrected chi connectivity index (χ0v) is 16.7. The van der Waals surface area contributed by atoms with Crippen LogP contribution in [0.25, 0.3) is 0 Å². The van der Waals surface area contributed by atoms with E-state index >= 15 is 0 Å². The van der Waals surface area contributed by atoms with Crippen molar-refractivity contribution in [2.75, 3.05) is 32.8 Å². The maximum atomic E-state index is 12.7. The molecular weight excluding hydrogens is 336 g/mol. The summed E-state index contributed by atoms with van der Waals surface area (Å²) in [6, 6.07) is 11.4. The van der Waals surface area contributed by atoms with Gasteiger partial charge < -0.3 is 4.74 Å².